The van der Waals surface area contributed by atoms with Crippen molar-refractivity contribution in [1.82, 2.24) is 0 Å². The van der Waals surface area contributed by atoms with E-state index in [1.54, 1.807) is 44.9 Å². The number of phosphoric acid groups is 1. The highest BCUT2D eigenvalue weighted by Crippen LogP contribution is 2.84. The standard InChI is InChI=1S/C46H78NO6P/c1-47(2,3)22-25-52-54(48,49)53-29-32(28-50-23-12-9-7-11-15-31-27-39-40(31)46-44-36-21-20-35(36)43(44)45(39)46)51-24-13-8-5-4-6-10-14-30-16-17-37-38(26-30)42-34-19-18-33(34)41(37)42/h30-46H,4-29H2,1-3H3/t30?,31?,32-,33?,34?,35?,36?,37?,38?,39?,40?,41?,42?,43?,44?,45?,46?/m1/s1. The fourth-order valence-corrected chi connectivity index (χ4v) is 16.1. The van der Waals surface area contributed by atoms with Gasteiger partial charge >= 0.3 is 0 Å². The predicted octanol–water partition coefficient (Wildman–Crippen LogP) is 9.38. The molecule has 7 nitrogen and oxygen atoms in total. The van der Waals surface area contributed by atoms with E-state index in [9.17, 15) is 9.46 Å². The average molecular weight is 772 g/mol. The lowest BCUT2D eigenvalue weighted by Gasteiger charge is -2.85. The van der Waals surface area contributed by atoms with Crippen LogP contribution in [0.15, 0.2) is 0 Å². The van der Waals surface area contributed by atoms with Gasteiger partial charge in [0.1, 0.15) is 19.3 Å². The van der Waals surface area contributed by atoms with E-state index in [2.05, 4.69) is 0 Å². The molecule has 0 aromatic heterocycles. The van der Waals surface area contributed by atoms with Gasteiger partial charge in [-0.15, -0.1) is 0 Å². The van der Waals surface area contributed by atoms with Gasteiger partial charge in [0.2, 0.25) is 0 Å². The van der Waals surface area contributed by atoms with Crippen molar-refractivity contribution >= 4 is 7.82 Å². The van der Waals surface area contributed by atoms with Gasteiger partial charge in [-0.3, -0.25) is 4.57 Å². The van der Waals surface area contributed by atoms with E-state index >= 15 is 0 Å². The van der Waals surface area contributed by atoms with Gasteiger partial charge in [-0.05, 0) is 152 Å². The molecule has 0 saturated heterocycles. The Morgan fingerprint density at radius 1 is 0.556 bits per heavy atom. The summed E-state index contributed by atoms with van der Waals surface area (Å²) in [6.45, 7) is 2.33. The minimum Gasteiger partial charge on any atom is -0.756 e. The minimum absolute atomic E-state index is 0.0506. The molecule has 0 bridgehead atoms. The average Bonchev–Trinajstić information content (AvgIpc) is 3.09. The summed E-state index contributed by atoms with van der Waals surface area (Å²) in [6, 6.07) is 0. The smallest absolute Gasteiger partial charge is 0.268 e. The summed E-state index contributed by atoms with van der Waals surface area (Å²) in [4.78, 5) is 12.5. The molecule has 9 saturated carbocycles. The topological polar surface area (TPSA) is 77.1 Å². The normalized spacial score (nSPS) is 44.4. The summed E-state index contributed by atoms with van der Waals surface area (Å²) >= 11 is 0. The second-order valence-electron chi connectivity index (χ2n) is 21.8. The summed E-state index contributed by atoms with van der Waals surface area (Å²) in [6.07, 6.45) is 27.4. The number of hydrogen-bond acceptors (Lipinski definition) is 6. The van der Waals surface area contributed by atoms with Gasteiger partial charge in [0, 0.05) is 13.2 Å². The van der Waals surface area contributed by atoms with Crippen LogP contribution < -0.4 is 4.89 Å². The summed E-state index contributed by atoms with van der Waals surface area (Å²) in [5, 5.41) is 0. The van der Waals surface area contributed by atoms with Gasteiger partial charge in [0.15, 0.2) is 0 Å². The third-order valence-corrected chi connectivity index (χ3v) is 19.2. The van der Waals surface area contributed by atoms with Crippen molar-refractivity contribution in [3.8, 4) is 0 Å². The van der Waals surface area contributed by atoms with Crippen molar-refractivity contribution in [2.24, 2.45) is 94.7 Å². The molecular formula is C46H78NO6P. The number of phosphoric ester groups is 1. The van der Waals surface area contributed by atoms with Gasteiger partial charge in [-0.2, -0.15) is 0 Å². The lowest BCUT2D eigenvalue weighted by molar-refractivity contribution is -0.870. The molecule has 0 aromatic carbocycles. The van der Waals surface area contributed by atoms with Crippen LogP contribution in [0, 0.1) is 94.7 Å². The maximum Gasteiger partial charge on any atom is 0.268 e. The van der Waals surface area contributed by atoms with E-state index in [0.717, 1.165) is 60.7 Å². The second-order valence-corrected chi connectivity index (χ2v) is 23.2. The maximum absolute atomic E-state index is 12.5. The number of hydrogen-bond donors (Lipinski definition) is 0. The van der Waals surface area contributed by atoms with Gasteiger partial charge < -0.3 is 27.9 Å². The third kappa shape index (κ3) is 7.76. The zero-order valence-electron chi connectivity index (χ0n) is 34.5. The van der Waals surface area contributed by atoms with Crippen LogP contribution in [0.4, 0.5) is 0 Å². The number of ether oxygens (including phenoxy) is 2. The van der Waals surface area contributed by atoms with Crippen molar-refractivity contribution in [2.45, 2.75) is 135 Å². The van der Waals surface area contributed by atoms with Crippen LogP contribution in [-0.2, 0) is 23.1 Å². The van der Waals surface area contributed by atoms with Gasteiger partial charge in [-0.1, -0.05) is 70.6 Å². The molecule has 18 atom stereocenters. The Hall–Kier alpha value is -0.0100. The highest BCUT2D eigenvalue weighted by atomic mass is 31.2. The van der Waals surface area contributed by atoms with Gasteiger partial charge in [-0.25, -0.2) is 0 Å². The van der Waals surface area contributed by atoms with E-state index in [-0.39, 0.29) is 13.2 Å². The minimum atomic E-state index is -4.39. The van der Waals surface area contributed by atoms with Crippen molar-refractivity contribution in [1.29, 1.82) is 0 Å². The van der Waals surface area contributed by atoms with E-state index in [1.165, 1.54) is 117 Å². The van der Waals surface area contributed by atoms with Crippen LogP contribution in [0.2, 0.25) is 0 Å². The fourth-order valence-electron chi connectivity index (χ4n) is 15.4. The SMILES string of the molecule is C[N+](C)(C)CCOP(=O)([O-])OC[C@@H](COCCCCCCC1CC2C1C1C3C4CCC4C3C21)OCCCCCCCCC1CCC2C(C1)C1C3CCC3C21. The van der Waals surface area contributed by atoms with Crippen LogP contribution in [0.5, 0.6) is 0 Å². The first-order valence-corrected chi connectivity index (χ1v) is 25.2. The molecule has 54 heavy (non-hydrogen) atoms. The molecule has 9 aliphatic carbocycles. The predicted molar refractivity (Wildman–Crippen MR) is 211 cm³/mol. The Kier molecular flexibility index (Phi) is 12.1. The van der Waals surface area contributed by atoms with E-state index in [1.807, 2.05) is 21.1 Å². The highest BCUT2D eigenvalue weighted by Gasteiger charge is 2.79. The van der Waals surface area contributed by atoms with E-state index < -0.39 is 13.9 Å². The molecule has 9 fully saturated rings. The van der Waals surface area contributed by atoms with E-state index in [0.29, 0.717) is 30.8 Å². The first kappa shape index (κ1) is 39.5. The Balaban J connectivity index is 0.606. The maximum atomic E-state index is 12.5. The number of unbranched alkanes of at least 4 members (excludes halogenated alkanes) is 8. The van der Waals surface area contributed by atoms with Gasteiger partial charge in [0.25, 0.3) is 7.82 Å². The quantitative estimate of drug-likeness (QED) is 0.0378. The van der Waals surface area contributed by atoms with Crippen molar-refractivity contribution < 1.29 is 32.5 Å². The molecule has 8 heteroatoms. The summed E-state index contributed by atoms with van der Waals surface area (Å²) in [5.74, 6) is 18.3. The first-order valence-electron chi connectivity index (χ1n) is 23.8. The molecule has 0 amide bonds. The monoisotopic (exact) mass is 772 g/mol. The Bertz CT molecular complexity index is 1290. The van der Waals surface area contributed by atoms with Crippen LogP contribution in [0.25, 0.3) is 0 Å². The zero-order chi connectivity index (χ0) is 37.0. The lowest BCUT2D eigenvalue weighted by Crippen LogP contribution is -2.80. The number of fused-ring (bicyclic) bond motifs is 17. The van der Waals surface area contributed by atoms with Crippen LogP contribution in [-0.4, -0.2) is 71.3 Å². The molecule has 308 valence electrons. The Labute approximate surface area is 329 Å². The van der Waals surface area contributed by atoms with Crippen LogP contribution in [0.1, 0.15) is 128 Å². The molecule has 9 aliphatic rings. The zero-order valence-corrected chi connectivity index (χ0v) is 35.4. The molecule has 0 spiro atoms. The molecule has 0 aliphatic heterocycles. The van der Waals surface area contributed by atoms with Crippen LogP contribution >= 0.6 is 7.82 Å². The third-order valence-electron chi connectivity index (χ3n) is 18.3. The van der Waals surface area contributed by atoms with Crippen molar-refractivity contribution in [2.75, 3.05) is 60.7 Å². The Morgan fingerprint density at radius 2 is 1.13 bits per heavy atom. The number of quaternary nitrogens is 1. The van der Waals surface area contributed by atoms with Crippen molar-refractivity contribution in [3.05, 3.63) is 0 Å². The lowest BCUT2D eigenvalue weighted by atomic mass is 9.20. The second kappa shape index (κ2) is 16.6. The molecule has 0 N–H and O–H groups in total. The molecule has 9 rings (SSSR count). The highest BCUT2D eigenvalue weighted by molar-refractivity contribution is 7.45. The molecule has 17 unspecified atom stereocenters. The number of likely N-dealkylation sites (N-methyl/N-ethyl adjacent to an activating group) is 1. The molecular weight excluding hydrogens is 693 g/mol. The van der Waals surface area contributed by atoms with Gasteiger partial charge in [0.05, 0.1) is 34.4 Å². The van der Waals surface area contributed by atoms with Crippen molar-refractivity contribution in [3.63, 3.8) is 0 Å². The largest absolute Gasteiger partial charge is 0.756 e. The van der Waals surface area contributed by atoms with E-state index in [4.69, 9.17) is 18.5 Å². The molecule has 0 heterocycles. The first-order chi connectivity index (χ1) is 26.2. The van der Waals surface area contributed by atoms with Crippen LogP contribution in [0.3, 0.4) is 0 Å². The fraction of sp³-hybridized carbons (Fsp3) is 1.00. The summed E-state index contributed by atoms with van der Waals surface area (Å²) in [7, 11) is 1.65. The molecule has 0 radical (unpaired) electrons. The number of rotatable bonds is 26. The summed E-state index contributed by atoms with van der Waals surface area (Å²) < 4.78 is 35.8. The summed E-state index contributed by atoms with van der Waals surface area (Å²) in [5.41, 5.74) is 0. The number of nitrogens with zero attached hydrogens (tertiary/aromatic N) is 1. The molecule has 0 aromatic rings. The Morgan fingerprint density at radius 3 is 1.85 bits per heavy atom.